The molecule has 1 atom stereocenters. The molecule has 1 heterocycles. The Hall–Kier alpha value is -0.570. The number of amides is 1. The summed E-state index contributed by atoms with van der Waals surface area (Å²) in [6.45, 7) is 5.24. The van der Waals surface area contributed by atoms with Crippen molar-refractivity contribution < 1.29 is 4.79 Å². The van der Waals surface area contributed by atoms with Crippen molar-refractivity contribution >= 4 is 5.91 Å². The molecule has 1 unspecified atom stereocenters. The van der Waals surface area contributed by atoms with Gasteiger partial charge in [0.1, 0.15) is 0 Å². The summed E-state index contributed by atoms with van der Waals surface area (Å²) in [6, 6.07) is 1.17. The van der Waals surface area contributed by atoms with Crippen LogP contribution in [0.15, 0.2) is 0 Å². The second-order valence-corrected chi connectivity index (χ2v) is 7.12. The van der Waals surface area contributed by atoms with Gasteiger partial charge >= 0.3 is 0 Å². The van der Waals surface area contributed by atoms with E-state index in [0.717, 1.165) is 19.0 Å². The Labute approximate surface area is 123 Å². The normalized spacial score (nSPS) is 28.8. The van der Waals surface area contributed by atoms with E-state index in [1.54, 1.807) is 0 Å². The highest BCUT2D eigenvalue weighted by atomic mass is 16.2. The van der Waals surface area contributed by atoms with Crippen LogP contribution < -0.4 is 0 Å². The molecule has 1 amide bonds. The van der Waals surface area contributed by atoms with Gasteiger partial charge in [0.2, 0.25) is 5.91 Å². The highest BCUT2D eigenvalue weighted by molar-refractivity contribution is 5.79. The fourth-order valence-electron chi connectivity index (χ4n) is 4.14. The van der Waals surface area contributed by atoms with E-state index in [9.17, 15) is 4.79 Å². The molecule has 3 fully saturated rings. The summed E-state index contributed by atoms with van der Waals surface area (Å²) in [7, 11) is 0. The Balaban J connectivity index is 1.56. The summed E-state index contributed by atoms with van der Waals surface area (Å²) in [4.78, 5) is 17.5. The summed E-state index contributed by atoms with van der Waals surface area (Å²) in [5.74, 6) is 1.24. The van der Waals surface area contributed by atoms with Crippen molar-refractivity contribution in [3.63, 3.8) is 0 Å². The van der Waals surface area contributed by atoms with Crippen molar-refractivity contribution in [1.29, 1.82) is 0 Å². The van der Waals surface area contributed by atoms with Gasteiger partial charge in [-0.05, 0) is 51.0 Å². The first kappa shape index (κ1) is 14.4. The number of hydrogen-bond donors (Lipinski definition) is 0. The van der Waals surface area contributed by atoms with E-state index >= 15 is 0 Å². The number of likely N-dealkylation sites (tertiary alicyclic amines) is 1. The van der Waals surface area contributed by atoms with E-state index in [4.69, 9.17) is 0 Å². The van der Waals surface area contributed by atoms with Crippen molar-refractivity contribution in [2.75, 3.05) is 19.6 Å². The summed E-state index contributed by atoms with van der Waals surface area (Å²) >= 11 is 0. The van der Waals surface area contributed by atoms with Gasteiger partial charge in [-0.2, -0.15) is 0 Å². The second-order valence-electron chi connectivity index (χ2n) is 7.12. The Morgan fingerprint density at radius 3 is 2.40 bits per heavy atom. The van der Waals surface area contributed by atoms with Crippen LogP contribution in [-0.2, 0) is 4.79 Å². The average Bonchev–Trinajstić information content (AvgIpc) is 3.13. The average molecular weight is 278 g/mol. The van der Waals surface area contributed by atoms with Crippen LogP contribution in [0, 0.1) is 5.92 Å². The molecule has 0 spiro atoms. The fourth-order valence-corrected chi connectivity index (χ4v) is 4.14. The zero-order valence-electron chi connectivity index (χ0n) is 13.0. The third kappa shape index (κ3) is 3.36. The van der Waals surface area contributed by atoms with Crippen molar-refractivity contribution in [1.82, 2.24) is 9.80 Å². The molecule has 20 heavy (non-hydrogen) atoms. The maximum atomic E-state index is 12.8. The lowest BCUT2D eigenvalue weighted by Crippen LogP contribution is -2.48. The van der Waals surface area contributed by atoms with E-state index in [1.807, 2.05) is 0 Å². The Bertz CT molecular complexity index is 334. The molecule has 0 aromatic rings. The van der Waals surface area contributed by atoms with Crippen LogP contribution >= 0.6 is 0 Å². The molecule has 3 rings (SSSR count). The zero-order chi connectivity index (χ0) is 13.9. The van der Waals surface area contributed by atoms with Crippen LogP contribution in [0.3, 0.4) is 0 Å². The molecule has 3 heteroatoms. The minimum atomic E-state index is 0.427. The van der Waals surface area contributed by atoms with Crippen molar-refractivity contribution in [3.8, 4) is 0 Å². The SMILES string of the molecule is CCC1CCCN(CC(=O)N(C2CCCC2)C2CC2)C1. The molecular formula is C17H30N2O. The van der Waals surface area contributed by atoms with Crippen LogP contribution in [0.2, 0.25) is 0 Å². The molecule has 3 aliphatic rings. The largest absolute Gasteiger partial charge is 0.336 e. The van der Waals surface area contributed by atoms with Crippen molar-refractivity contribution in [3.05, 3.63) is 0 Å². The van der Waals surface area contributed by atoms with Crippen molar-refractivity contribution in [2.45, 2.75) is 76.8 Å². The summed E-state index contributed by atoms with van der Waals surface area (Å²) in [6.07, 6.45) is 11.5. The highest BCUT2D eigenvalue weighted by Crippen LogP contribution is 2.34. The summed E-state index contributed by atoms with van der Waals surface area (Å²) < 4.78 is 0. The zero-order valence-corrected chi connectivity index (χ0v) is 13.0. The minimum Gasteiger partial charge on any atom is -0.336 e. The number of piperidine rings is 1. The topological polar surface area (TPSA) is 23.6 Å². The van der Waals surface area contributed by atoms with Crippen LogP contribution in [0.25, 0.3) is 0 Å². The van der Waals surface area contributed by atoms with Gasteiger partial charge < -0.3 is 4.90 Å². The summed E-state index contributed by atoms with van der Waals surface area (Å²) in [5, 5.41) is 0. The maximum Gasteiger partial charge on any atom is 0.237 e. The first-order chi connectivity index (χ1) is 9.78. The van der Waals surface area contributed by atoms with Gasteiger partial charge in [-0.25, -0.2) is 0 Å². The van der Waals surface area contributed by atoms with Gasteiger partial charge in [0, 0.05) is 18.6 Å². The number of rotatable bonds is 5. The number of carbonyl (C=O) groups excluding carboxylic acids is 1. The molecule has 3 nitrogen and oxygen atoms in total. The molecule has 0 bridgehead atoms. The standard InChI is InChI=1S/C17H30N2O/c1-2-14-6-5-11-18(12-14)13-17(20)19(16-9-10-16)15-7-3-4-8-15/h14-16H,2-13H2,1H3. The van der Waals surface area contributed by atoms with Crippen LogP contribution in [0.4, 0.5) is 0 Å². The molecule has 0 aromatic carbocycles. The molecule has 0 aromatic heterocycles. The van der Waals surface area contributed by atoms with E-state index in [2.05, 4.69) is 16.7 Å². The number of nitrogens with zero attached hydrogens (tertiary/aromatic N) is 2. The Morgan fingerprint density at radius 1 is 1.05 bits per heavy atom. The quantitative estimate of drug-likeness (QED) is 0.771. The number of carbonyl (C=O) groups is 1. The van der Waals surface area contributed by atoms with Gasteiger partial charge in [-0.15, -0.1) is 0 Å². The van der Waals surface area contributed by atoms with Crippen molar-refractivity contribution in [2.24, 2.45) is 5.92 Å². The third-order valence-corrected chi connectivity index (χ3v) is 5.49. The smallest absolute Gasteiger partial charge is 0.237 e. The monoisotopic (exact) mass is 278 g/mol. The molecule has 0 N–H and O–H groups in total. The lowest BCUT2D eigenvalue weighted by atomic mass is 9.96. The highest BCUT2D eigenvalue weighted by Gasteiger charge is 2.38. The van der Waals surface area contributed by atoms with Crippen LogP contribution in [0.1, 0.15) is 64.7 Å². The lowest BCUT2D eigenvalue weighted by molar-refractivity contribution is -0.135. The fraction of sp³-hybridized carbons (Fsp3) is 0.941. The minimum absolute atomic E-state index is 0.427. The first-order valence-corrected chi connectivity index (χ1v) is 8.81. The summed E-state index contributed by atoms with van der Waals surface area (Å²) in [5.41, 5.74) is 0. The molecule has 2 saturated carbocycles. The van der Waals surface area contributed by atoms with Crippen LogP contribution in [-0.4, -0.2) is 47.4 Å². The molecule has 0 radical (unpaired) electrons. The predicted octanol–water partition coefficient (Wildman–Crippen LogP) is 3.04. The van der Waals surface area contributed by atoms with E-state index in [1.165, 1.54) is 57.8 Å². The Kier molecular flexibility index (Phi) is 4.65. The molecule has 114 valence electrons. The van der Waals surface area contributed by atoms with Crippen LogP contribution in [0.5, 0.6) is 0 Å². The maximum absolute atomic E-state index is 12.8. The van der Waals surface area contributed by atoms with Gasteiger partial charge in [0.05, 0.1) is 6.54 Å². The van der Waals surface area contributed by atoms with Gasteiger partial charge in [-0.1, -0.05) is 26.2 Å². The van der Waals surface area contributed by atoms with E-state index in [0.29, 0.717) is 24.5 Å². The predicted molar refractivity (Wildman–Crippen MR) is 81.6 cm³/mol. The third-order valence-electron chi connectivity index (χ3n) is 5.49. The number of hydrogen-bond acceptors (Lipinski definition) is 2. The van der Waals surface area contributed by atoms with Gasteiger partial charge in [0.15, 0.2) is 0 Å². The molecule has 2 aliphatic carbocycles. The van der Waals surface area contributed by atoms with Gasteiger partial charge in [0.25, 0.3) is 0 Å². The van der Waals surface area contributed by atoms with E-state index < -0.39 is 0 Å². The molecule has 1 aliphatic heterocycles. The second kappa shape index (κ2) is 6.46. The molecular weight excluding hydrogens is 248 g/mol. The van der Waals surface area contributed by atoms with Gasteiger partial charge in [-0.3, -0.25) is 9.69 Å². The lowest BCUT2D eigenvalue weighted by Gasteiger charge is -2.35. The first-order valence-electron chi connectivity index (χ1n) is 8.81. The Morgan fingerprint density at radius 2 is 1.75 bits per heavy atom. The van der Waals surface area contributed by atoms with E-state index in [-0.39, 0.29) is 0 Å². The molecule has 1 saturated heterocycles.